The first kappa shape index (κ1) is 21.4. The number of benzene rings is 1. The van der Waals surface area contributed by atoms with Crippen LogP contribution in [0, 0.1) is 6.92 Å². The van der Waals surface area contributed by atoms with Crippen molar-refractivity contribution in [2.45, 2.75) is 37.6 Å². The molecule has 0 saturated carbocycles. The van der Waals surface area contributed by atoms with E-state index >= 15 is 0 Å². The molecular formula is C17H20N2O5S3. The second kappa shape index (κ2) is 8.87. The summed E-state index contributed by atoms with van der Waals surface area (Å²) in [6, 6.07) is 6.69. The van der Waals surface area contributed by atoms with Gasteiger partial charge in [0.2, 0.25) is 10.0 Å². The Morgan fingerprint density at radius 2 is 2.15 bits per heavy atom. The van der Waals surface area contributed by atoms with Crippen LogP contribution in [0.15, 0.2) is 39.8 Å². The predicted octanol–water partition coefficient (Wildman–Crippen LogP) is 3.17. The number of primary sulfonamides is 1. The smallest absolute Gasteiger partial charge is 0.303 e. The van der Waals surface area contributed by atoms with E-state index in [1.807, 2.05) is 6.07 Å². The normalized spacial score (nSPS) is 12.4. The molecule has 0 amide bonds. The van der Waals surface area contributed by atoms with Crippen molar-refractivity contribution in [3.63, 3.8) is 0 Å². The van der Waals surface area contributed by atoms with E-state index < -0.39 is 21.4 Å². The van der Waals surface area contributed by atoms with Gasteiger partial charge in [-0.2, -0.15) is 0 Å². The largest absolute Gasteiger partial charge is 0.467 e. The van der Waals surface area contributed by atoms with Gasteiger partial charge in [0.15, 0.2) is 0 Å². The highest BCUT2D eigenvalue weighted by Crippen LogP contribution is 2.30. The van der Waals surface area contributed by atoms with Crippen molar-refractivity contribution in [2.24, 2.45) is 5.14 Å². The molecule has 0 fully saturated rings. The molecule has 2 aromatic rings. The first-order valence-electron chi connectivity index (χ1n) is 7.90. The summed E-state index contributed by atoms with van der Waals surface area (Å²) < 4.78 is 34.5. The van der Waals surface area contributed by atoms with Gasteiger partial charge >= 0.3 is 5.97 Å². The molecule has 10 heteroatoms. The van der Waals surface area contributed by atoms with Crippen LogP contribution in [0.2, 0.25) is 0 Å². The van der Waals surface area contributed by atoms with E-state index in [0.717, 1.165) is 11.8 Å². The fourth-order valence-corrected chi connectivity index (χ4v) is 4.52. The molecule has 1 aromatic heterocycles. The number of anilines is 1. The number of nitrogens with two attached hydrogens (primary N) is 1. The van der Waals surface area contributed by atoms with Gasteiger partial charge in [-0.05, 0) is 43.7 Å². The van der Waals surface area contributed by atoms with Crippen molar-refractivity contribution in [2.75, 3.05) is 5.32 Å². The Kier molecular flexibility index (Phi) is 7.04. The van der Waals surface area contributed by atoms with Crippen molar-refractivity contribution in [1.82, 2.24) is 0 Å². The Hall–Kier alpha value is -1.88. The van der Waals surface area contributed by atoms with Crippen LogP contribution in [0.5, 0.6) is 0 Å². The van der Waals surface area contributed by atoms with Crippen LogP contribution in [-0.2, 0) is 26.1 Å². The average Bonchev–Trinajstić information content (AvgIpc) is 3.03. The molecule has 1 heterocycles. The summed E-state index contributed by atoms with van der Waals surface area (Å²) in [5.74, 6) is 0.282. The average molecular weight is 429 g/mol. The maximum atomic E-state index is 11.9. The Balaban J connectivity index is 2.37. The topological polar surface area (TPSA) is 112 Å². The third-order valence-electron chi connectivity index (χ3n) is 3.48. The maximum absolute atomic E-state index is 11.9. The van der Waals surface area contributed by atoms with Gasteiger partial charge in [0.05, 0.1) is 21.9 Å². The molecule has 146 valence electrons. The number of thiocarbonyl (C=S) groups is 1. The number of esters is 1. The highest BCUT2D eigenvalue weighted by Gasteiger charge is 2.20. The van der Waals surface area contributed by atoms with E-state index in [2.05, 4.69) is 5.32 Å². The summed E-state index contributed by atoms with van der Waals surface area (Å²) in [6.07, 6.45) is 1.56. The van der Waals surface area contributed by atoms with E-state index in [9.17, 15) is 13.2 Å². The van der Waals surface area contributed by atoms with E-state index in [4.69, 9.17) is 26.5 Å². The molecule has 2 rings (SSSR count). The molecule has 1 aromatic carbocycles. The molecule has 0 radical (unpaired) electrons. The zero-order chi connectivity index (χ0) is 20.2. The molecule has 1 unspecified atom stereocenters. The molecule has 27 heavy (non-hydrogen) atoms. The molecule has 0 aliphatic carbocycles. The summed E-state index contributed by atoms with van der Waals surface area (Å²) in [6.45, 7) is 5.03. The lowest BCUT2D eigenvalue weighted by Gasteiger charge is -2.17. The van der Waals surface area contributed by atoms with Gasteiger partial charge in [0.1, 0.15) is 11.2 Å². The quantitative estimate of drug-likeness (QED) is 0.393. The van der Waals surface area contributed by atoms with Crippen LogP contribution in [0.3, 0.4) is 0 Å². The van der Waals surface area contributed by atoms with E-state index in [0.29, 0.717) is 33.3 Å². The Morgan fingerprint density at radius 1 is 1.44 bits per heavy atom. The summed E-state index contributed by atoms with van der Waals surface area (Å²) in [7, 11) is -3.91. The number of carbonyl (C=O) groups is 1. The Bertz CT molecular complexity index is 940. The van der Waals surface area contributed by atoms with Crippen molar-refractivity contribution in [1.29, 1.82) is 0 Å². The van der Waals surface area contributed by atoms with Gasteiger partial charge in [-0.1, -0.05) is 24.0 Å². The van der Waals surface area contributed by atoms with Crippen LogP contribution in [-0.4, -0.2) is 24.0 Å². The molecule has 0 aliphatic rings. The summed E-state index contributed by atoms with van der Waals surface area (Å²) >= 11 is 6.58. The Labute approximate surface area is 167 Å². The van der Waals surface area contributed by atoms with Gasteiger partial charge in [-0.15, -0.1) is 0 Å². The minimum absolute atomic E-state index is 0.0101. The number of rotatable bonds is 7. The van der Waals surface area contributed by atoms with Gasteiger partial charge < -0.3 is 14.5 Å². The number of aryl methyl sites for hydroxylation is 1. The van der Waals surface area contributed by atoms with Crippen LogP contribution in [0.25, 0.3) is 0 Å². The second-order valence-electron chi connectivity index (χ2n) is 5.72. The van der Waals surface area contributed by atoms with Crippen LogP contribution < -0.4 is 10.5 Å². The number of carbonyl (C=O) groups excluding carboxylic acids is 1. The summed E-state index contributed by atoms with van der Waals surface area (Å²) in [4.78, 5) is 11.1. The first-order valence-corrected chi connectivity index (χ1v) is 10.7. The van der Waals surface area contributed by atoms with Crippen molar-refractivity contribution >= 4 is 49.9 Å². The van der Waals surface area contributed by atoms with Gasteiger partial charge in [0.25, 0.3) is 0 Å². The molecule has 7 nitrogen and oxygen atoms in total. The standard InChI is InChI=1S/C17H20N2O5S3/c1-10-7-15(19-9-13-5-4-6-23-13)14(8-16(10)27(18,21)22)17(25)26-12(3)24-11(2)20/h4-8,12,19H,9H2,1-3H3,(H2,18,21,22). The minimum Gasteiger partial charge on any atom is -0.467 e. The van der Waals surface area contributed by atoms with Gasteiger partial charge in [-0.25, -0.2) is 13.6 Å². The lowest BCUT2D eigenvalue weighted by atomic mass is 10.1. The number of nitrogens with one attached hydrogen (secondary N) is 1. The zero-order valence-electron chi connectivity index (χ0n) is 15.0. The van der Waals surface area contributed by atoms with Crippen LogP contribution in [0.1, 0.15) is 30.7 Å². The second-order valence-corrected chi connectivity index (χ2v) is 9.23. The van der Waals surface area contributed by atoms with Crippen molar-refractivity contribution < 1.29 is 22.4 Å². The minimum atomic E-state index is -3.91. The summed E-state index contributed by atoms with van der Waals surface area (Å²) in [5.41, 5.74) is 1.08. The fraction of sp³-hybridized carbons (Fsp3) is 0.294. The molecule has 0 aliphatic heterocycles. The molecule has 0 saturated heterocycles. The van der Waals surface area contributed by atoms with E-state index in [1.54, 1.807) is 32.2 Å². The molecule has 0 spiro atoms. The number of hydrogen-bond acceptors (Lipinski definition) is 8. The number of sulfonamides is 1. The number of ether oxygens (including phenoxy) is 1. The fourth-order valence-electron chi connectivity index (χ4n) is 2.38. The number of hydrogen-bond donors (Lipinski definition) is 2. The van der Waals surface area contributed by atoms with Crippen molar-refractivity contribution in [3.8, 4) is 0 Å². The number of furan rings is 1. The van der Waals surface area contributed by atoms with Gasteiger partial charge in [-0.3, -0.25) is 4.79 Å². The van der Waals surface area contributed by atoms with Gasteiger partial charge in [0, 0.05) is 18.2 Å². The lowest BCUT2D eigenvalue weighted by molar-refractivity contribution is -0.141. The van der Waals surface area contributed by atoms with Crippen LogP contribution >= 0.6 is 24.0 Å². The third kappa shape index (κ3) is 6.06. The summed E-state index contributed by atoms with van der Waals surface area (Å²) in [5, 5.41) is 8.50. The maximum Gasteiger partial charge on any atom is 0.303 e. The van der Waals surface area contributed by atoms with E-state index in [-0.39, 0.29) is 4.90 Å². The molecular weight excluding hydrogens is 408 g/mol. The molecule has 3 N–H and O–H groups in total. The SMILES string of the molecule is CC(=O)OC(C)SC(=S)c1cc(S(N)(=O)=O)c(C)cc1NCc1ccco1. The molecule has 0 bridgehead atoms. The highest BCUT2D eigenvalue weighted by molar-refractivity contribution is 8.24. The highest BCUT2D eigenvalue weighted by atomic mass is 32.2. The third-order valence-corrected chi connectivity index (χ3v) is 5.90. The van der Waals surface area contributed by atoms with Crippen molar-refractivity contribution in [3.05, 3.63) is 47.4 Å². The predicted molar refractivity (Wildman–Crippen MR) is 109 cm³/mol. The lowest BCUT2D eigenvalue weighted by Crippen LogP contribution is -2.16. The Morgan fingerprint density at radius 3 is 2.70 bits per heavy atom. The monoisotopic (exact) mass is 428 g/mol. The molecule has 1 atom stereocenters. The number of thioether (sulfide) groups is 1. The first-order chi connectivity index (χ1) is 12.6. The van der Waals surface area contributed by atoms with E-state index in [1.165, 1.54) is 13.0 Å². The zero-order valence-corrected chi connectivity index (χ0v) is 17.5. The van der Waals surface area contributed by atoms with Crippen LogP contribution in [0.4, 0.5) is 5.69 Å².